The van der Waals surface area contributed by atoms with E-state index in [0.717, 1.165) is 5.56 Å². The minimum absolute atomic E-state index is 0.0435. The Kier molecular flexibility index (Phi) is 6.00. The van der Waals surface area contributed by atoms with Crippen molar-refractivity contribution in [1.82, 2.24) is 5.32 Å². The average Bonchev–Trinajstić information content (AvgIpc) is 2.72. The van der Waals surface area contributed by atoms with Crippen molar-refractivity contribution in [3.05, 3.63) is 101 Å². The number of hydrogen-bond acceptors (Lipinski definition) is 3. The molecule has 3 aromatic rings. The van der Waals surface area contributed by atoms with E-state index in [2.05, 4.69) is 5.32 Å². The number of rotatable bonds is 7. The third kappa shape index (κ3) is 5.28. The Balaban J connectivity index is 1.49. The maximum absolute atomic E-state index is 12.4. The van der Waals surface area contributed by atoms with Crippen molar-refractivity contribution in [2.75, 3.05) is 6.61 Å². The molecule has 0 saturated carbocycles. The lowest BCUT2D eigenvalue weighted by Crippen LogP contribution is -2.28. The molecular formula is C23H21NO3. The van der Waals surface area contributed by atoms with Gasteiger partial charge >= 0.3 is 0 Å². The predicted molar refractivity (Wildman–Crippen MR) is 105 cm³/mol. The first-order chi connectivity index (χ1) is 13.1. The molecule has 4 nitrogen and oxygen atoms in total. The summed E-state index contributed by atoms with van der Waals surface area (Å²) in [5, 5.41) is 2.82. The van der Waals surface area contributed by atoms with Gasteiger partial charge in [-0.25, -0.2) is 0 Å². The van der Waals surface area contributed by atoms with E-state index in [1.54, 1.807) is 36.4 Å². The SMILES string of the molecule is Cc1ccc(CNC(=O)COc2ccc(C(=O)c3ccccc3)cc2)cc1. The van der Waals surface area contributed by atoms with Crippen LogP contribution in [0.5, 0.6) is 5.75 Å². The molecule has 0 radical (unpaired) electrons. The van der Waals surface area contributed by atoms with Crippen LogP contribution in [0.4, 0.5) is 0 Å². The van der Waals surface area contributed by atoms with Crippen molar-refractivity contribution in [1.29, 1.82) is 0 Å². The fourth-order valence-corrected chi connectivity index (χ4v) is 2.57. The van der Waals surface area contributed by atoms with Crippen molar-refractivity contribution >= 4 is 11.7 Å². The zero-order chi connectivity index (χ0) is 19.1. The smallest absolute Gasteiger partial charge is 0.258 e. The first-order valence-corrected chi connectivity index (χ1v) is 8.77. The highest BCUT2D eigenvalue weighted by molar-refractivity contribution is 6.08. The number of hydrogen-bond donors (Lipinski definition) is 1. The molecule has 136 valence electrons. The molecule has 0 bridgehead atoms. The number of aryl methyl sites for hydroxylation is 1. The van der Waals surface area contributed by atoms with Crippen LogP contribution in [0.25, 0.3) is 0 Å². The van der Waals surface area contributed by atoms with Gasteiger partial charge in [-0.2, -0.15) is 0 Å². The standard InChI is InChI=1S/C23H21NO3/c1-17-7-9-18(10-8-17)15-24-22(25)16-27-21-13-11-20(12-14-21)23(26)19-5-3-2-4-6-19/h2-14H,15-16H2,1H3,(H,24,25). The number of ether oxygens (including phenoxy) is 1. The van der Waals surface area contributed by atoms with E-state index < -0.39 is 0 Å². The van der Waals surface area contributed by atoms with Gasteiger partial charge in [0.2, 0.25) is 0 Å². The zero-order valence-corrected chi connectivity index (χ0v) is 15.1. The topological polar surface area (TPSA) is 55.4 Å². The van der Waals surface area contributed by atoms with Crippen molar-refractivity contribution < 1.29 is 14.3 Å². The van der Waals surface area contributed by atoms with E-state index >= 15 is 0 Å². The lowest BCUT2D eigenvalue weighted by molar-refractivity contribution is -0.123. The highest BCUT2D eigenvalue weighted by atomic mass is 16.5. The summed E-state index contributed by atoms with van der Waals surface area (Å²) in [6, 6.07) is 23.9. The van der Waals surface area contributed by atoms with Crippen molar-refractivity contribution in [2.24, 2.45) is 0 Å². The predicted octanol–water partition coefficient (Wildman–Crippen LogP) is 3.92. The molecule has 0 aromatic heterocycles. The minimum atomic E-state index is -0.194. The maximum atomic E-state index is 12.4. The molecule has 3 aromatic carbocycles. The number of carbonyl (C=O) groups excluding carboxylic acids is 2. The van der Waals surface area contributed by atoms with Crippen LogP contribution >= 0.6 is 0 Å². The van der Waals surface area contributed by atoms with Crippen LogP contribution in [-0.4, -0.2) is 18.3 Å². The lowest BCUT2D eigenvalue weighted by atomic mass is 10.0. The molecular weight excluding hydrogens is 338 g/mol. The molecule has 0 aliphatic heterocycles. The van der Waals surface area contributed by atoms with Crippen LogP contribution in [0.3, 0.4) is 0 Å². The largest absolute Gasteiger partial charge is 0.484 e. The van der Waals surface area contributed by atoms with Crippen LogP contribution in [0.1, 0.15) is 27.0 Å². The molecule has 1 amide bonds. The maximum Gasteiger partial charge on any atom is 0.258 e. The summed E-state index contributed by atoms with van der Waals surface area (Å²) in [5.74, 6) is 0.308. The molecule has 3 rings (SSSR count). The fraction of sp³-hybridized carbons (Fsp3) is 0.130. The fourth-order valence-electron chi connectivity index (χ4n) is 2.57. The van der Waals surface area contributed by atoms with Gasteiger partial charge in [0.1, 0.15) is 5.75 Å². The molecule has 0 saturated heterocycles. The van der Waals surface area contributed by atoms with Gasteiger partial charge in [-0.1, -0.05) is 60.2 Å². The second-order valence-corrected chi connectivity index (χ2v) is 6.27. The summed E-state index contributed by atoms with van der Waals surface area (Å²) >= 11 is 0. The van der Waals surface area contributed by atoms with Gasteiger partial charge in [-0.05, 0) is 36.8 Å². The Morgan fingerprint density at radius 1 is 0.815 bits per heavy atom. The number of carbonyl (C=O) groups is 2. The first-order valence-electron chi connectivity index (χ1n) is 8.77. The van der Waals surface area contributed by atoms with Gasteiger partial charge in [0.15, 0.2) is 12.4 Å². The molecule has 0 aliphatic rings. The number of amides is 1. The summed E-state index contributed by atoms with van der Waals surface area (Å²) in [7, 11) is 0. The van der Waals surface area contributed by atoms with Crippen LogP contribution in [0.15, 0.2) is 78.9 Å². The van der Waals surface area contributed by atoms with Gasteiger partial charge in [0.25, 0.3) is 5.91 Å². The normalized spacial score (nSPS) is 10.3. The van der Waals surface area contributed by atoms with Crippen molar-refractivity contribution in [3.63, 3.8) is 0 Å². The molecule has 0 spiro atoms. The Morgan fingerprint density at radius 3 is 2.11 bits per heavy atom. The average molecular weight is 359 g/mol. The molecule has 1 N–H and O–H groups in total. The highest BCUT2D eigenvalue weighted by Gasteiger charge is 2.09. The van der Waals surface area contributed by atoms with E-state index in [9.17, 15) is 9.59 Å². The van der Waals surface area contributed by atoms with Gasteiger partial charge in [-0.15, -0.1) is 0 Å². The Morgan fingerprint density at radius 2 is 1.44 bits per heavy atom. The first kappa shape index (κ1) is 18.4. The molecule has 0 unspecified atom stereocenters. The van der Waals surface area contributed by atoms with Crippen LogP contribution < -0.4 is 10.1 Å². The molecule has 4 heteroatoms. The molecule has 0 fully saturated rings. The van der Waals surface area contributed by atoms with Crippen LogP contribution in [-0.2, 0) is 11.3 Å². The van der Waals surface area contributed by atoms with Crippen molar-refractivity contribution in [3.8, 4) is 5.75 Å². The van der Waals surface area contributed by atoms with E-state index in [1.165, 1.54) is 5.56 Å². The highest BCUT2D eigenvalue weighted by Crippen LogP contribution is 2.15. The lowest BCUT2D eigenvalue weighted by Gasteiger charge is -2.08. The van der Waals surface area contributed by atoms with E-state index in [1.807, 2.05) is 49.4 Å². The van der Waals surface area contributed by atoms with Gasteiger partial charge < -0.3 is 10.1 Å². The number of ketones is 1. The monoisotopic (exact) mass is 359 g/mol. The molecule has 0 atom stereocenters. The van der Waals surface area contributed by atoms with E-state index in [4.69, 9.17) is 4.74 Å². The van der Waals surface area contributed by atoms with Crippen molar-refractivity contribution in [2.45, 2.75) is 13.5 Å². The number of nitrogens with one attached hydrogen (secondary N) is 1. The van der Waals surface area contributed by atoms with Gasteiger partial charge in [-0.3, -0.25) is 9.59 Å². The van der Waals surface area contributed by atoms with Gasteiger partial charge in [0, 0.05) is 17.7 Å². The van der Waals surface area contributed by atoms with Gasteiger partial charge in [0.05, 0.1) is 0 Å². The summed E-state index contributed by atoms with van der Waals surface area (Å²) < 4.78 is 5.49. The third-order valence-corrected chi connectivity index (χ3v) is 4.13. The second-order valence-electron chi connectivity index (χ2n) is 6.27. The summed E-state index contributed by atoms with van der Waals surface area (Å²) in [4.78, 5) is 24.3. The van der Waals surface area contributed by atoms with Crippen LogP contribution in [0.2, 0.25) is 0 Å². The summed E-state index contributed by atoms with van der Waals surface area (Å²) in [6.45, 7) is 2.42. The third-order valence-electron chi connectivity index (χ3n) is 4.13. The van der Waals surface area contributed by atoms with E-state index in [-0.39, 0.29) is 18.3 Å². The van der Waals surface area contributed by atoms with E-state index in [0.29, 0.717) is 23.4 Å². The van der Waals surface area contributed by atoms with Crippen LogP contribution in [0, 0.1) is 6.92 Å². The zero-order valence-electron chi connectivity index (χ0n) is 15.1. The summed E-state index contributed by atoms with van der Waals surface area (Å²) in [5.41, 5.74) is 3.44. The molecule has 0 heterocycles. The molecule has 27 heavy (non-hydrogen) atoms. The Bertz CT molecular complexity index is 901. The minimum Gasteiger partial charge on any atom is -0.484 e. The summed E-state index contributed by atoms with van der Waals surface area (Å²) in [6.07, 6.45) is 0. The Hall–Kier alpha value is -3.40. The Labute approximate surface area is 158 Å². The number of benzene rings is 3. The molecule has 0 aliphatic carbocycles. The second kappa shape index (κ2) is 8.81. The quantitative estimate of drug-likeness (QED) is 0.651.